The topological polar surface area (TPSA) is 89.1 Å². The molecule has 0 radical (unpaired) electrons. The van der Waals surface area contributed by atoms with Crippen molar-refractivity contribution in [1.29, 1.82) is 0 Å². The normalized spacial score (nSPS) is 13.5. The summed E-state index contributed by atoms with van der Waals surface area (Å²) < 4.78 is 10.5. The van der Waals surface area contributed by atoms with Gasteiger partial charge in [-0.2, -0.15) is 0 Å². The van der Waals surface area contributed by atoms with E-state index in [0.717, 1.165) is 10.4 Å². The molecule has 0 bridgehead atoms. The first-order valence-corrected chi connectivity index (χ1v) is 8.35. The Kier molecular flexibility index (Phi) is 8.46. The van der Waals surface area contributed by atoms with E-state index in [4.69, 9.17) is 15.2 Å². The summed E-state index contributed by atoms with van der Waals surface area (Å²) in [7, 11) is 3.19. The number of aliphatic hydroxyl groups is 1. The molecule has 0 aliphatic carbocycles. The molecule has 0 spiro atoms. The van der Waals surface area contributed by atoms with Gasteiger partial charge in [0.1, 0.15) is 5.60 Å². The fourth-order valence-corrected chi connectivity index (χ4v) is 2.93. The Labute approximate surface area is 169 Å². The van der Waals surface area contributed by atoms with Crippen LogP contribution >= 0.6 is 35.3 Å². The predicted octanol–water partition coefficient (Wildman–Crippen LogP) is 2.70. The summed E-state index contributed by atoms with van der Waals surface area (Å²) in [6.45, 7) is 2.43. The number of hydrogen-bond donors (Lipinski definition) is 3. The lowest BCUT2D eigenvalue weighted by Crippen LogP contribution is -2.41. The van der Waals surface area contributed by atoms with Crippen molar-refractivity contribution in [2.24, 2.45) is 10.7 Å². The Morgan fingerprint density at radius 3 is 2.60 bits per heavy atom. The van der Waals surface area contributed by atoms with E-state index < -0.39 is 5.60 Å². The van der Waals surface area contributed by atoms with Gasteiger partial charge >= 0.3 is 0 Å². The predicted molar refractivity (Wildman–Crippen MR) is 112 cm³/mol. The molecule has 0 aliphatic rings. The van der Waals surface area contributed by atoms with Crippen LogP contribution in [0.2, 0.25) is 0 Å². The van der Waals surface area contributed by atoms with E-state index in [2.05, 4.69) is 10.3 Å². The van der Waals surface area contributed by atoms with Crippen LogP contribution in [0.15, 0.2) is 40.7 Å². The van der Waals surface area contributed by atoms with Gasteiger partial charge in [-0.3, -0.25) is 0 Å². The quantitative estimate of drug-likeness (QED) is 0.324. The minimum atomic E-state index is -0.988. The van der Waals surface area contributed by atoms with Crippen LogP contribution in [0, 0.1) is 0 Å². The maximum absolute atomic E-state index is 10.4. The molecule has 0 saturated heterocycles. The summed E-state index contributed by atoms with van der Waals surface area (Å²) in [4.78, 5) is 5.17. The largest absolute Gasteiger partial charge is 0.493 e. The fraction of sp³-hybridized carbons (Fsp3) is 0.353. The Morgan fingerprint density at radius 2 is 2.00 bits per heavy atom. The number of halogens is 1. The Balaban J connectivity index is 0.00000312. The first-order valence-electron chi connectivity index (χ1n) is 7.47. The molecule has 2 rings (SSSR count). The van der Waals surface area contributed by atoms with E-state index in [1.807, 2.05) is 35.7 Å². The lowest BCUT2D eigenvalue weighted by Gasteiger charge is -2.22. The van der Waals surface area contributed by atoms with Gasteiger partial charge in [-0.05, 0) is 36.1 Å². The van der Waals surface area contributed by atoms with E-state index in [1.54, 1.807) is 21.1 Å². The molecule has 1 atom stereocenters. The van der Waals surface area contributed by atoms with E-state index in [1.165, 1.54) is 11.3 Å². The minimum absolute atomic E-state index is 0. The molecule has 1 unspecified atom stereocenters. The third-order valence-electron chi connectivity index (χ3n) is 3.55. The first kappa shape index (κ1) is 21.5. The number of rotatable bonds is 7. The van der Waals surface area contributed by atoms with Gasteiger partial charge in [0.2, 0.25) is 0 Å². The van der Waals surface area contributed by atoms with Crippen molar-refractivity contribution in [3.05, 3.63) is 46.2 Å². The second-order valence-corrected chi connectivity index (χ2v) is 6.44. The van der Waals surface area contributed by atoms with Crippen molar-refractivity contribution in [3.8, 4) is 11.5 Å². The zero-order valence-corrected chi connectivity index (χ0v) is 17.6. The molecular weight excluding hydrogens is 453 g/mol. The van der Waals surface area contributed by atoms with Gasteiger partial charge in [-0.1, -0.05) is 12.1 Å². The standard InChI is InChI=1S/C17H23N3O3S.HI/c1-17(21,15-5-4-8-24-15)11-20-16(18)19-10-12-6-7-13(22-2)14(9-12)23-3;/h4-9,21H,10-11H2,1-3H3,(H3,18,19,20);1H. The molecular formula is C17H24IN3O3S. The van der Waals surface area contributed by atoms with Crippen molar-refractivity contribution >= 4 is 41.3 Å². The van der Waals surface area contributed by atoms with E-state index >= 15 is 0 Å². The fourth-order valence-electron chi connectivity index (χ4n) is 2.15. The first-order chi connectivity index (χ1) is 11.5. The molecule has 138 valence electrons. The maximum Gasteiger partial charge on any atom is 0.189 e. The molecule has 1 aromatic heterocycles. The average Bonchev–Trinajstić information content (AvgIpc) is 3.13. The van der Waals surface area contributed by atoms with Crippen molar-refractivity contribution in [2.45, 2.75) is 19.1 Å². The number of methoxy groups -OCH3 is 2. The van der Waals surface area contributed by atoms with E-state index in [9.17, 15) is 5.11 Å². The highest BCUT2D eigenvalue weighted by molar-refractivity contribution is 14.0. The second kappa shape index (κ2) is 9.83. The summed E-state index contributed by atoms with van der Waals surface area (Å²) in [6.07, 6.45) is 0. The maximum atomic E-state index is 10.4. The summed E-state index contributed by atoms with van der Waals surface area (Å²) in [6, 6.07) is 9.39. The molecule has 8 heteroatoms. The highest BCUT2D eigenvalue weighted by Crippen LogP contribution is 2.27. The van der Waals surface area contributed by atoms with Gasteiger partial charge in [0.25, 0.3) is 0 Å². The van der Waals surface area contributed by atoms with Gasteiger partial charge in [0.15, 0.2) is 17.5 Å². The van der Waals surface area contributed by atoms with Gasteiger partial charge < -0.3 is 25.6 Å². The van der Waals surface area contributed by atoms with E-state index in [-0.39, 0.29) is 36.5 Å². The average molecular weight is 477 g/mol. The third kappa shape index (κ3) is 6.05. The number of thiophene rings is 1. The summed E-state index contributed by atoms with van der Waals surface area (Å²) >= 11 is 1.50. The number of ether oxygens (including phenoxy) is 2. The number of nitrogens with two attached hydrogens (primary N) is 1. The molecule has 1 heterocycles. The van der Waals surface area contributed by atoms with Gasteiger partial charge in [-0.25, -0.2) is 4.99 Å². The number of guanidine groups is 1. The van der Waals surface area contributed by atoms with Crippen LogP contribution in [0.5, 0.6) is 11.5 Å². The number of aliphatic imine (C=N–C) groups is 1. The molecule has 6 nitrogen and oxygen atoms in total. The van der Waals surface area contributed by atoms with Crippen molar-refractivity contribution in [2.75, 3.05) is 20.8 Å². The zero-order chi connectivity index (χ0) is 17.6. The molecule has 1 aromatic carbocycles. The van der Waals surface area contributed by atoms with Gasteiger partial charge in [0.05, 0.1) is 27.3 Å². The Morgan fingerprint density at radius 1 is 1.28 bits per heavy atom. The van der Waals surface area contributed by atoms with Crippen molar-refractivity contribution < 1.29 is 14.6 Å². The number of nitrogens with zero attached hydrogens (tertiary/aromatic N) is 1. The number of hydrogen-bond acceptors (Lipinski definition) is 5. The molecule has 25 heavy (non-hydrogen) atoms. The highest BCUT2D eigenvalue weighted by atomic mass is 127. The number of benzene rings is 1. The highest BCUT2D eigenvalue weighted by Gasteiger charge is 2.24. The smallest absolute Gasteiger partial charge is 0.189 e. The summed E-state index contributed by atoms with van der Waals surface area (Å²) in [5.74, 6) is 1.60. The number of nitrogens with one attached hydrogen (secondary N) is 1. The summed E-state index contributed by atoms with van der Waals surface area (Å²) in [5.41, 5.74) is 5.84. The zero-order valence-electron chi connectivity index (χ0n) is 14.5. The van der Waals surface area contributed by atoms with Gasteiger partial charge in [0, 0.05) is 4.88 Å². The van der Waals surface area contributed by atoms with E-state index in [0.29, 0.717) is 18.0 Å². The van der Waals surface area contributed by atoms with Crippen molar-refractivity contribution in [3.63, 3.8) is 0 Å². The van der Waals surface area contributed by atoms with Crippen LogP contribution < -0.4 is 20.5 Å². The monoisotopic (exact) mass is 477 g/mol. The molecule has 0 saturated carbocycles. The molecule has 0 fully saturated rings. The van der Waals surface area contributed by atoms with Gasteiger partial charge in [-0.15, -0.1) is 35.3 Å². The van der Waals surface area contributed by atoms with Crippen molar-refractivity contribution in [1.82, 2.24) is 5.32 Å². The van der Waals surface area contributed by atoms with Crippen LogP contribution in [0.3, 0.4) is 0 Å². The van der Waals surface area contributed by atoms with Crippen LogP contribution in [0.4, 0.5) is 0 Å². The second-order valence-electron chi connectivity index (χ2n) is 5.50. The summed E-state index contributed by atoms with van der Waals surface area (Å²) in [5, 5.41) is 15.3. The molecule has 0 aliphatic heterocycles. The Bertz CT molecular complexity index is 690. The Hall–Kier alpha value is -1.52. The van der Waals surface area contributed by atoms with Crippen LogP contribution in [-0.4, -0.2) is 31.8 Å². The lowest BCUT2D eigenvalue weighted by atomic mass is 10.1. The molecule has 2 aromatic rings. The molecule has 0 amide bonds. The lowest BCUT2D eigenvalue weighted by molar-refractivity contribution is 0.0657. The molecule has 4 N–H and O–H groups in total. The van der Waals surface area contributed by atoms with Crippen LogP contribution in [0.1, 0.15) is 17.4 Å². The SMILES string of the molecule is COc1ccc(CN=C(N)NCC(C)(O)c2cccs2)cc1OC.I. The van der Waals surface area contributed by atoms with Crippen LogP contribution in [0.25, 0.3) is 0 Å². The third-order valence-corrected chi connectivity index (χ3v) is 4.67. The minimum Gasteiger partial charge on any atom is -0.493 e. The van der Waals surface area contributed by atoms with Crippen LogP contribution in [-0.2, 0) is 12.1 Å².